The van der Waals surface area contributed by atoms with Crippen molar-refractivity contribution in [3.63, 3.8) is 0 Å². The van der Waals surface area contributed by atoms with Crippen LogP contribution in [0.1, 0.15) is 42.7 Å². The fourth-order valence-electron chi connectivity index (χ4n) is 4.13. The third-order valence-corrected chi connectivity index (χ3v) is 9.28. The van der Waals surface area contributed by atoms with Crippen LogP contribution in [0.15, 0.2) is 22.7 Å². The van der Waals surface area contributed by atoms with Gasteiger partial charge in [-0.15, -0.1) is 0 Å². The molecule has 1 aliphatic heterocycles. The van der Waals surface area contributed by atoms with Gasteiger partial charge in [-0.25, -0.2) is 12.7 Å². The second-order valence-corrected chi connectivity index (χ2v) is 10.6. The molecule has 3 rings (SSSR count). The van der Waals surface area contributed by atoms with E-state index < -0.39 is 45.8 Å². The molecule has 2 fully saturated rings. The summed E-state index contributed by atoms with van der Waals surface area (Å²) in [6.45, 7) is 2.45. The van der Waals surface area contributed by atoms with Gasteiger partial charge in [0.25, 0.3) is 0 Å². The summed E-state index contributed by atoms with van der Waals surface area (Å²) >= 11 is 3.47. The number of hydrogen-bond acceptors (Lipinski definition) is 5. The molecular weight excluding hydrogens is 438 g/mol. The van der Waals surface area contributed by atoms with Crippen LogP contribution in [-0.4, -0.2) is 64.1 Å². The van der Waals surface area contributed by atoms with Crippen molar-refractivity contribution in [2.24, 2.45) is 0 Å². The largest absolute Gasteiger partial charge is 0.480 e. The average molecular weight is 462 g/mol. The molecule has 2 aliphatic rings. The minimum atomic E-state index is -4.20. The number of aryl methyl sites for hydroxylation is 1. The molecule has 1 heterocycles. The second-order valence-electron chi connectivity index (χ2n) is 7.53. The van der Waals surface area contributed by atoms with E-state index in [4.69, 9.17) is 0 Å². The maximum Gasteiger partial charge on any atom is 0.326 e. The van der Waals surface area contributed by atoms with Crippen molar-refractivity contribution in [3.05, 3.63) is 33.8 Å². The van der Waals surface area contributed by atoms with Crippen LogP contribution in [0.2, 0.25) is 0 Å². The molecule has 1 aromatic rings. The summed E-state index contributed by atoms with van der Waals surface area (Å²) in [6.07, 6.45) is -2.48. The van der Waals surface area contributed by atoms with Crippen LogP contribution in [-0.2, 0) is 14.8 Å². The lowest BCUT2D eigenvalue weighted by molar-refractivity contribution is -0.140. The van der Waals surface area contributed by atoms with E-state index in [1.165, 1.54) is 4.31 Å². The SMILES string of the molecule is Cc1cc(C2CCN(S(=O)(=O)[C@@]3(C(=O)O)C[C@@H](O)[C@@H](O)C3)CC2)ccc1Br. The lowest BCUT2D eigenvalue weighted by atomic mass is 9.89. The van der Waals surface area contributed by atoms with Gasteiger partial charge in [-0.05, 0) is 42.9 Å². The Morgan fingerprint density at radius 3 is 2.22 bits per heavy atom. The number of carbonyl (C=O) groups is 1. The van der Waals surface area contributed by atoms with Crippen molar-refractivity contribution in [1.82, 2.24) is 4.31 Å². The number of benzene rings is 1. The Bertz CT molecular complexity index is 824. The molecule has 150 valence electrons. The van der Waals surface area contributed by atoms with Crippen molar-refractivity contribution in [2.45, 2.75) is 55.5 Å². The fraction of sp³-hybridized carbons (Fsp3) is 0.611. The first-order chi connectivity index (χ1) is 12.6. The molecule has 3 N–H and O–H groups in total. The Morgan fingerprint density at radius 1 is 1.19 bits per heavy atom. The predicted molar refractivity (Wildman–Crippen MR) is 103 cm³/mol. The summed E-state index contributed by atoms with van der Waals surface area (Å²) in [7, 11) is -4.20. The van der Waals surface area contributed by atoms with Crippen molar-refractivity contribution >= 4 is 31.9 Å². The standard InChI is InChI=1S/C18H24BrNO6S/c1-11-8-13(2-3-14(11)19)12-4-6-20(7-5-12)27(25,26)18(17(23)24)9-15(21)16(22)10-18/h2-3,8,12,15-16,21-22H,4-7,9-10H2,1H3,(H,23,24)/t15-,16+,18+. The summed E-state index contributed by atoms with van der Waals surface area (Å²) in [6, 6.07) is 6.09. The number of sulfonamides is 1. The third kappa shape index (κ3) is 3.55. The molecule has 27 heavy (non-hydrogen) atoms. The van der Waals surface area contributed by atoms with Gasteiger partial charge in [-0.2, -0.15) is 0 Å². The van der Waals surface area contributed by atoms with E-state index in [0.29, 0.717) is 12.8 Å². The molecular formula is C18H24BrNO6S. The third-order valence-electron chi connectivity index (χ3n) is 5.85. The van der Waals surface area contributed by atoms with Gasteiger partial charge in [0.15, 0.2) is 4.75 Å². The highest BCUT2D eigenvalue weighted by Crippen LogP contribution is 2.41. The Balaban J connectivity index is 1.78. The second kappa shape index (κ2) is 7.44. The number of nitrogens with zero attached hydrogens (tertiary/aromatic N) is 1. The molecule has 0 spiro atoms. The lowest BCUT2D eigenvalue weighted by Crippen LogP contribution is -2.54. The van der Waals surface area contributed by atoms with E-state index in [0.717, 1.165) is 15.6 Å². The lowest BCUT2D eigenvalue weighted by Gasteiger charge is -2.36. The van der Waals surface area contributed by atoms with Crippen molar-refractivity contribution in [2.75, 3.05) is 13.1 Å². The monoisotopic (exact) mass is 461 g/mol. The highest BCUT2D eigenvalue weighted by Gasteiger charge is 2.60. The summed E-state index contributed by atoms with van der Waals surface area (Å²) < 4.78 is 26.3. The van der Waals surface area contributed by atoms with E-state index >= 15 is 0 Å². The predicted octanol–water partition coefficient (Wildman–Crippen LogP) is 1.61. The molecule has 0 bridgehead atoms. The molecule has 9 heteroatoms. The zero-order valence-electron chi connectivity index (χ0n) is 15.0. The number of carboxylic acids is 1. The van der Waals surface area contributed by atoms with Crippen LogP contribution in [0, 0.1) is 6.92 Å². The molecule has 1 aliphatic carbocycles. The van der Waals surface area contributed by atoms with E-state index in [9.17, 15) is 28.5 Å². The first-order valence-electron chi connectivity index (χ1n) is 8.94. The quantitative estimate of drug-likeness (QED) is 0.627. The fourth-order valence-corrected chi connectivity index (χ4v) is 6.54. The van der Waals surface area contributed by atoms with Gasteiger partial charge in [-0.1, -0.05) is 28.1 Å². The van der Waals surface area contributed by atoms with Gasteiger partial charge in [0.1, 0.15) is 0 Å². The number of aliphatic carboxylic acids is 1. The smallest absolute Gasteiger partial charge is 0.326 e. The van der Waals surface area contributed by atoms with Crippen molar-refractivity contribution in [3.8, 4) is 0 Å². The molecule has 0 radical (unpaired) electrons. The molecule has 1 saturated carbocycles. The van der Waals surface area contributed by atoms with Crippen molar-refractivity contribution < 1.29 is 28.5 Å². The number of aliphatic hydroxyl groups is 2. The normalized spacial score (nSPS) is 30.5. The minimum absolute atomic E-state index is 0.212. The molecule has 1 saturated heterocycles. The van der Waals surface area contributed by atoms with E-state index in [1.807, 2.05) is 19.1 Å². The Hall–Kier alpha value is -1.00. The van der Waals surface area contributed by atoms with Crippen LogP contribution in [0.5, 0.6) is 0 Å². The summed E-state index contributed by atoms with van der Waals surface area (Å²) in [4.78, 5) is 11.8. The maximum atomic E-state index is 13.1. The van der Waals surface area contributed by atoms with E-state index in [-0.39, 0.29) is 19.0 Å². The van der Waals surface area contributed by atoms with Crippen LogP contribution in [0.4, 0.5) is 0 Å². The minimum Gasteiger partial charge on any atom is -0.480 e. The number of halogens is 1. The van der Waals surface area contributed by atoms with Gasteiger partial charge in [0.2, 0.25) is 10.0 Å². The topological polar surface area (TPSA) is 115 Å². The molecule has 0 aromatic heterocycles. The average Bonchev–Trinajstić information content (AvgIpc) is 2.94. The molecule has 1 aromatic carbocycles. The molecule has 0 amide bonds. The molecule has 0 unspecified atom stereocenters. The van der Waals surface area contributed by atoms with Crippen LogP contribution < -0.4 is 0 Å². The number of hydrogen-bond donors (Lipinski definition) is 3. The summed E-state index contributed by atoms with van der Waals surface area (Å²) in [5, 5.41) is 29.2. The van der Waals surface area contributed by atoms with Gasteiger partial charge in [0.05, 0.1) is 12.2 Å². The Labute approximate surface area is 167 Å². The Kier molecular flexibility index (Phi) is 5.71. The molecule has 3 atom stereocenters. The van der Waals surface area contributed by atoms with E-state index in [1.54, 1.807) is 0 Å². The maximum absolute atomic E-state index is 13.1. The highest BCUT2D eigenvalue weighted by molar-refractivity contribution is 9.10. The number of carboxylic acid groups (broad SMARTS) is 1. The van der Waals surface area contributed by atoms with Gasteiger partial charge in [-0.3, -0.25) is 4.79 Å². The van der Waals surface area contributed by atoms with Gasteiger partial charge < -0.3 is 15.3 Å². The van der Waals surface area contributed by atoms with Gasteiger partial charge >= 0.3 is 5.97 Å². The zero-order valence-corrected chi connectivity index (χ0v) is 17.4. The number of piperidine rings is 1. The zero-order chi connectivity index (χ0) is 20.0. The van der Waals surface area contributed by atoms with Crippen molar-refractivity contribution in [1.29, 1.82) is 0 Å². The Morgan fingerprint density at radius 2 is 1.74 bits per heavy atom. The van der Waals surface area contributed by atoms with E-state index in [2.05, 4.69) is 22.0 Å². The van der Waals surface area contributed by atoms with Crippen LogP contribution in [0.3, 0.4) is 0 Å². The van der Waals surface area contributed by atoms with Crippen LogP contribution in [0.25, 0.3) is 0 Å². The molecule has 7 nitrogen and oxygen atoms in total. The first-order valence-corrected chi connectivity index (χ1v) is 11.2. The summed E-state index contributed by atoms with van der Waals surface area (Å²) in [5.74, 6) is -1.30. The number of rotatable bonds is 4. The first kappa shape index (κ1) is 20.7. The van der Waals surface area contributed by atoms with Gasteiger partial charge in [0, 0.05) is 30.4 Å². The summed E-state index contributed by atoms with van der Waals surface area (Å²) in [5.41, 5.74) is 2.26. The van der Waals surface area contributed by atoms with Crippen LogP contribution >= 0.6 is 15.9 Å². The number of aliphatic hydroxyl groups excluding tert-OH is 2. The highest BCUT2D eigenvalue weighted by atomic mass is 79.9.